The van der Waals surface area contributed by atoms with Crippen molar-refractivity contribution in [3.8, 4) is 67.5 Å². The summed E-state index contributed by atoms with van der Waals surface area (Å²) in [7, 11) is 0. The summed E-state index contributed by atoms with van der Waals surface area (Å²) in [5, 5.41) is 17.1. The fraction of sp³-hybridized carbons (Fsp3) is 0.0833. The van der Waals surface area contributed by atoms with Crippen molar-refractivity contribution in [2.45, 2.75) is 39.4 Å². The minimum absolute atomic E-state index is 0. The number of aliphatic hydroxyl groups excluding tert-OH is 2. The quantitative estimate of drug-likeness (QED) is 0.114. The number of rotatable bonds is 8. The van der Waals surface area contributed by atoms with Gasteiger partial charge in [0.25, 0.3) is 0 Å². The Kier molecular flexibility index (Phi) is 32.2. The van der Waals surface area contributed by atoms with Crippen molar-refractivity contribution >= 4 is 0 Å². The van der Waals surface area contributed by atoms with E-state index in [-0.39, 0.29) is 81.5 Å². The molecule has 446 valence electrons. The van der Waals surface area contributed by atoms with Gasteiger partial charge in [0.2, 0.25) is 0 Å². The van der Waals surface area contributed by atoms with Crippen LogP contribution >= 0.6 is 0 Å². The molecule has 0 aliphatic carbocycles. The Balaban J connectivity index is 0.000000218. The van der Waals surface area contributed by atoms with Gasteiger partial charge in [0.05, 0.1) is 17.9 Å². The number of hydrogen-bond acceptors (Lipinski definition) is 8. The molecule has 0 spiro atoms. The topological polar surface area (TPSA) is 118 Å². The zero-order valence-electron chi connectivity index (χ0n) is 47.3. The van der Waals surface area contributed by atoms with Gasteiger partial charge >= 0.3 is 0 Å². The first-order valence-corrected chi connectivity index (χ1v) is 26.6. The van der Waals surface area contributed by atoms with E-state index in [1.165, 1.54) is 71.8 Å². The van der Waals surface area contributed by atoms with Crippen LogP contribution in [0, 0.1) is 66.3 Å². The zero-order valence-corrected chi connectivity index (χ0v) is 52.1. The predicted molar refractivity (Wildman–Crippen MR) is 325 cm³/mol. The van der Waals surface area contributed by atoms with Gasteiger partial charge in [-0.25, -0.2) is 0 Å². The number of aryl methyl sites for hydroxylation is 1. The van der Waals surface area contributed by atoms with E-state index in [9.17, 15) is 22.0 Å². The molecule has 8 nitrogen and oxygen atoms in total. The van der Waals surface area contributed by atoms with Crippen LogP contribution in [0.3, 0.4) is 0 Å². The van der Waals surface area contributed by atoms with E-state index in [4.69, 9.17) is 10.2 Å². The molecule has 6 aromatic heterocycles. The van der Waals surface area contributed by atoms with Gasteiger partial charge in [-0.2, -0.15) is 0 Å². The van der Waals surface area contributed by atoms with Crippen molar-refractivity contribution in [1.29, 1.82) is 0 Å². The molecule has 2 atom stereocenters. The third-order valence-corrected chi connectivity index (χ3v) is 11.3. The number of halogens is 5. The van der Waals surface area contributed by atoms with Gasteiger partial charge in [0.15, 0.2) is 0 Å². The first-order valence-electron chi connectivity index (χ1n) is 26.6. The summed E-state index contributed by atoms with van der Waals surface area (Å²) in [4.78, 5) is 24.9. The van der Waals surface area contributed by atoms with Gasteiger partial charge in [0, 0.05) is 112 Å². The molecule has 2 unspecified atom stereocenters. The fourth-order valence-corrected chi connectivity index (χ4v) is 7.19. The molecule has 6 aromatic carbocycles. The Bertz CT molecular complexity index is 3060. The van der Waals surface area contributed by atoms with Gasteiger partial charge < -0.3 is 35.1 Å². The monoisotopic (exact) mass is 1520 g/mol. The molecule has 0 aliphatic heterocycles. The van der Waals surface area contributed by atoms with Crippen molar-refractivity contribution in [3.05, 3.63) is 327 Å². The van der Waals surface area contributed by atoms with Crippen molar-refractivity contribution in [3.63, 3.8) is 0 Å². The van der Waals surface area contributed by atoms with Crippen LogP contribution in [-0.4, -0.2) is 52.3 Å². The maximum absolute atomic E-state index is 12.6. The summed E-state index contributed by atoms with van der Waals surface area (Å²) in [6, 6.07) is 78.3. The molecular weight excluding hydrogens is 1460 g/mol. The summed E-state index contributed by atoms with van der Waals surface area (Å²) in [5.74, 6) is -1.39. The van der Waals surface area contributed by atoms with Crippen LogP contribution < -0.4 is 0 Å². The van der Waals surface area contributed by atoms with Crippen LogP contribution in [0.2, 0.25) is 0 Å². The van der Waals surface area contributed by atoms with Gasteiger partial charge in [-0.05, 0) is 98.1 Å². The van der Waals surface area contributed by atoms with Crippen LogP contribution in [0.4, 0.5) is 22.0 Å². The van der Waals surface area contributed by atoms with Crippen molar-refractivity contribution < 1.29 is 72.4 Å². The molecule has 12 rings (SSSR count). The van der Waals surface area contributed by atoms with Gasteiger partial charge in [-0.15, -0.1) is 149 Å². The molecule has 0 aliphatic rings. The zero-order chi connectivity index (χ0) is 60.4. The standard InChI is InChI=1S/C12H11N.5C11H7FN.C5H12O2.2Ir/c1-10-5-7-11(8-6-10)12-4-2-3-9-13-12;5*12-10-6-4-9(5-7-10)11-3-1-2-8-13-11;1-4(6)3-5(2)7;;/h2-9H,1H3;5*1-4,6-8H;4-7H,3H2,1-2H3;;/q;5*-1;;;. The van der Waals surface area contributed by atoms with Crippen LogP contribution in [-0.2, 0) is 40.2 Å². The van der Waals surface area contributed by atoms with Crippen molar-refractivity contribution in [2.75, 3.05) is 0 Å². The normalized spacial score (nSPS) is 10.4. The third kappa shape index (κ3) is 26.9. The van der Waals surface area contributed by atoms with Crippen LogP contribution in [0.15, 0.2) is 262 Å². The van der Waals surface area contributed by atoms with E-state index in [1.54, 1.807) is 75.2 Å². The van der Waals surface area contributed by atoms with Crippen molar-refractivity contribution in [2.24, 2.45) is 0 Å². The first kappa shape index (κ1) is 70.6. The fourth-order valence-electron chi connectivity index (χ4n) is 7.19. The molecule has 15 heteroatoms. The Morgan fingerprint density at radius 3 is 0.690 bits per heavy atom. The van der Waals surface area contributed by atoms with Crippen LogP contribution in [0.25, 0.3) is 67.5 Å². The SMILES string of the molecule is CC(O)CC(C)O.Cc1ccc(-c2ccccn2)cc1.Fc1c[c-]c(-c2ccccn2)cc1.Fc1c[c-]c(-c2ccccn2)cc1.Fc1c[c-]c(-c2ccccn2)cc1.Fc1c[c-]c(-c2ccccn2)cc1.Fc1c[c-]c(-c2ccccn2)cc1.[Ir].[Ir]. The van der Waals surface area contributed by atoms with E-state index in [0.717, 1.165) is 62.0 Å². The van der Waals surface area contributed by atoms with Gasteiger partial charge in [0.1, 0.15) is 0 Å². The second-order valence-corrected chi connectivity index (χ2v) is 18.2. The van der Waals surface area contributed by atoms with E-state index in [1.807, 2.05) is 115 Å². The van der Waals surface area contributed by atoms with Crippen LogP contribution in [0.1, 0.15) is 25.8 Å². The second-order valence-electron chi connectivity index (χ2n) is 18.2. The molecule has 87 heavy (non-hydrogen) atoms. The number of aromatic nitrogens is 6. The van der Waals surface area contributed by atoms with E-state index < -0.39 is 0 Å². The average Bonchev–Trinajstić information content (AvgIpc) is 3.75. The molecule has 0 bridgehead atoms. The largest absolute Gasteiger partial charge is 0.393 e. The second kappa shape index (κ2) is 39.7. The molecule has 0 fully saturated rings. The van der Waals surface area contributed by atoms with Gasteiger partial charge in [-0.1, -0.05) is 96.6 Å². The minimum atomic E-state index is -0.375. The number of hydrogen-bond donors (Lipinski definition) is 2. The number of nitrogens with zero attached hydrogens (tertiary/aromatic N) is 6. The van der Waals surface area contributed by atoms with E-state index >= 15 is 0 Å². The maximum Gasteiger partial charge on any atom is 0.0701 e. The number of pyridine rings is 6. The Hall–Kier alpha value is -8.91. The van der Waals surface area contributed by atoms with Crippen LogP contribution in [0.5, 0.6) is 0 Å². The molecule has 6 heterocycles. The molecule has 0 saturated carbocycles. The first-order chi connectivity index (χ1) is 41.3. The third-order valence-electron chi connectivity index (χ3n) is 11.3. The summed E-state index contributed by atoms with van der Waals surface area (Å²) in [6.45, 7) is 5.40. The summed E-state index contributed by atoms with van der Waals surface area (Å²) >= 11 is 0. The van der Waals surface area contributed by atoms with Gasteiger partial charge in [-0.3, -0.25) is 26.9 Å². The van der Waals surface area contributed by atoms with E-state index in [2.05, 4.69) is 91.4 Å². The molecule has 12 aromatic rings. The summed E-state index contributed by atoms with van der Waals surface area (Å²) < 4.78 is 62.8. The molecular formula is C72H58F5Ir2N6O2-5. The smallest absolute Gasteiger partial charge is 0.0701 e. The predicted octanol–water partition coefficient (Wildman–Crippen LogP) is 16.6. The number of benzene rings is 6. The Morgan fingerprint density at radius 2 is 0.529 bits per heavy atom. The molecule has 2 radical (unpaired) electrons. The molecule has 2 N–H and O–H groups in total. The van der Waals surface area contributed by atoms with E-state index in [0.29, 0.717) is 6.42 Å². The Morgan fingerprint density at radius 1 is 0.310 bits per heavy atom. The molecule has 0 amide bonds. The minimum Gasteiger partial charge on any atom is -0.393 e. The van der Waals surface area contributed by atoms with Crippen molar-refractivity contribution in [1.82, 2.24) is 29.9 Å². The average molecular weight is 1520 g/mol. The maximum atomic E-state index is 12.6. The molecule has 0 saturated heterocycles. The Labute approximate surface area is 532 Å². The summed E-state index contributed by atoms with van der Waals surface area (Å²) in [5.41, 5.74) is 11.6. The number of aliphatic hydroxyl groups is 2. The summed E-state index contributed by atoms with van der Waals surface area (Å²) in [6.07, 6.45) is 10.0.